The van der Waals surface area contributed by atoms with Gasteiger partial charge < -0.3 is 14.8 Å². The lowest BCUT2D eigenvalue weighted by Crippen LogP contribution is -2.05. The summed E-state index contributed by atoms with van der Waals surface area (Å²) in [5.41, 5.74) is 1.68. The molecule has 0 amide bonds. The van der Waals surface area contributed by atoms with Gasteiger partial charge in [0.2, 0.25) is 0 Å². The van der Waals surface area contributed by atoms with Crippen LogP contribution in [0.15, 0.2) is 42.5 Å². The molecule has 2 aromatic rings. The van der Waals surface area contributed by atoms with Crippen LogP contribution in [0.3, 0.4) is 0 Å². The monoisotopic (exact) mass is 309 g/mol. The molecule has 0 aliphatic rings. The third-order valence-electron chi connectivity index (χ3n) is 2.81. The standard InChI is InChI=1S/C16H17ClFNO2/c1-20-5-6-21-16-4-2-3-15(10-16)19-11-12-7-13(17)9-14(18)8-12/h2-4,7-10,19H,5-6,11H2,1H3. The molecule has 0 aliphatic carbocycles. The molecule has 0 heterocycles. The first kappa shape index (κ1) is 15.6. The molecule has 112 valence electrons. The van der Waals surface area contributed by atoms with Crippen molar-refractivity contribution in [3.8, 4) is 5.75 Å². The summed E-state index contributed by atoms with van der Waals surface area (Å²) < 4.78 is 23.7. The van der Waals surface area contributed by atoms with Crippen molar-refractivity contribution in [1.82, 2.24) is 0 Å². The quantitative estimate of drug-likeness (QED) is 0.781. The van der Waals surface area contributed by atoms with Gasteiger partial charge in [-0.2, -0.15) is 0 Å². The molecular formula is C16H17ClFNO2. The molecule has 0 aliphatic heterocycles. The molecule has 0 radical (unpaired) electrons. The van der Waals surface area contributed by atoms with E-state index in [1.54, 1.807) is 13.2 Å². The average molecular weight is 310 g/mol. The number of anilines is 1. The zero-order valence-corrected chi connectivity index (χ0v) is 12.5. The summed E-state index contributed by atoms with van der Waals surface area (Å²) in [7, 11) is 1.63. The molecule has 2 rings (SSSR count). The number of hydrogen-bond acceptors (Lipinski definition) is 3. The summed E-state index contributed by atoms with van der Waals surface area (Å²) in [6, 6.07) is 12.0. The summed E-state index contributed by atoms with van der Waals surface area (Å²) in [6.45, 7) is 1.53. The molecule has 0 spiro atoms. The van der Waals surface area contributed by atoms with Gasteiger partial charge in [0, 0.05) is 30.4 Å². The molecule has 21 heavy (non-hydrogen) atoms. The van der Waals surface area contributed by atoms with E-state index in [0.717, 1.165) is 17.0 Å². The second kappa shape index (κ2) is 7.86. The van der Waals surface area contributed by atoms with Crippen LogP contribution in [0.25, 0.3) is 0 Å². The van der Waals surface area contributed by atoms with Crippen molar-refractivity contribution in [3.63, 3.8) is 0 Å². The summed E-state index contributed by atoms with van der Waals surface area (Å²) in [6.07, 6.45) is 0. The van der Waals surface area contributed by atoms with Crippen LogP contribution in [0.1, 0.15) is 5.56 Å². The third kappa shape index (κ3) is 5.25. The molecule has 0 bridgehead atoms. The summed E-state index contributed by atoms with van der Waals surface area (Å²) in [4.78, 5) is 0. The predicted octanol–water partition coefficient (Wildman–Crippen LogP) is 4.12. The van der Waals surface area contributed by atoms with Crippen molar-refractivity contribution in [3.05, 3.63) is 58.9 Å². The van der Waals surface area contributed by atoms with Crippen LogP contribution in [0, 0.1) is 5.82 Å². The van der Waals surface area contributed by atoms with Gasteiger partial charge in [0.15, 0.2) is 0 Å². The summed E-state index contributed by atoms with van der Waals surface area (Å²) in [5.74, 6) is 0.422. The Balaban J connectivity index is 1.94. The minimum Gasteiger partial charge on any atom is -0.491 e. The minimum absolute atomic E-state index is 0.337. The van der Waals surface area contributed by atoms with Crippen LogP contribution in [0.2, 0.25) is 5.02 Å². The second-order valence-electron chi connectivity index (χ2n) is 4.50. The van der Waals surface area contributed by atoms with E-state index >= 15 is 0 Å². The van der Waals surface area contributed by atoms with Crippen molar-refractivity contribution >= 4 is 17.3 Å². The van der Waals surface area contributed by atoms with Gasteiger partial charge in [0.1, 0.15) is 18.2 Å². The van der Waals surface area contributed by atoms with Crippen molar-refractivity contribution in [2.45, 2.75) is 6.54 Å². The first-order chi connectivity index (χ1) is 10.2. The Kier molecular flexibility index (Phi) is 5.84. The van der Waals surface area contributed by atoms with Crippen molar-refractivity contribution < 1.29 is 13.9 Å². The van der Waals surface area contributed by atoms with Gasteiger partial charge in [-0.15, -0.1) is 0 Å². The number of methoxy groups -OCH3 is 1. The Hall–Kier alpha value is -1.78. The maximum atomic E-state index is 13.2. The van der Waals surface area contributed by atoms with Gasteiger partial charge in [-0.1, -0.05) is 17.7 Å². The number of rotatable bonds is 7. The van der Waals surface area contributed by atoms with E-state index in [9.17, 15) is 4.39 Å². The lowest BCUT2D eigenvalue weighted by Gasteiger charge is -2.10. The van der Waals surface area contributed by atoms with E-state index in [1.807, 2.05) is 24.3 Å². The predicted molar refractivity (Wildman–Crippen MR) is 82.5 cm³/mol. The average Bonchev–Trinajstić information content (AvgIpc) is 2.45. The number of benzene rings is 2. The number of halogens is 2. The number of hydrogen-bond donors (Lipinski definition) is 1. The first-order valence-electron chi connectivity index (χ1n) is 6.58. The van der Waals surface area contributed by atoms with Gasteiger partial charge in [-0.3, -0.25) is 0 Å². The molecule has 5 heteroatoms. The number of ether oxygens (including phenoxy) is 2. The largest absolute Gasteiger partial charge is 0.491 e. The molecule has 0 saturated heterocycles. The van der Waals surface area contributed by atoms with Gasteiger partial charge >= 0.3 is 0 Å². The Morgan fingerprint density at radius 1 is 1.14 bits per heavy atom. The normalized spacial score (nSPS) is 10.4. The fraction of sp³-hybridized carbons (Fsp3) is 0.250. The maximum absolute atomic E-state index is 13.2. The summed E-state index contributed by atoms with van der Waals surface area (Å²) >= 11 is 5.83. The van der Waals surface area contributed by atoms with Gasteiger partial charge in [0.25, 0.3) is 0 Å². The van der Waals surface area contributed by atoms with E-state index in [1.165, 1.54) is 12.1 Å². The second-order valence-corrected chi connectivity index (χ2v) is 4.94. The fourth-order valence-electron chi connectivity index (χ4n) is 1.86. The Bertz CT molecular complexity index is 572. The molecule has 0 aromatic heterocycles. The summed E-state index contributed by atoms with van der Waals surface area (Å²) in [5, 5.41) is 3.60. The highest BCUT2D eigenvalue weighted by atomic mass is 35.5. The van der Waals surface area contributed by atoms with Crippen molar-refractivity contribution in [2.24, 2.45) is 0 Å². The fourth-order valence-corrected chi connectivity index (χ4v) is 2.10. The Morgan fingerprint density at radius 2 is 2.00 bits per heavy atom. The lowest BCUT2D eigenvalue weighted by atomic mass is 10.2. The molecule has 0 unspecified atom stereocenters. The van der Waals surface area contributed by atoms with Crippen LogP contribution in [0.4, 0.5) is 10.1 Å². The van der Waals surface area contributed by atoms with E-state index < -0.39 is 0 Å². The highest BCUT2D eigenvalue weighted by Gasteiger charge is 2.01. The van der Waals surface area contributed by atoms with E-state index in [2.05, 4.69) is 5.32 Å². The van der Waals surface area contributed by atoms with Gasteiger partial charge in [-0.05, 0) is 35.9 Å². The Labute approximate surface area is 128 Å². The molecule has 0 saturated carbocycles. The zero-order chi connectivity index (χ0) is 15.1. The minimum atomic E-state index is -0.337. The van der Waals surface area contributed by atoms with Crippen LogP contribution >= 0.6 is 11.6 Å². The molecule has 3 nitrogen and oxygen atoms in total. The molecular weight excluding hydrogens is 293 g/mol. The van der Waals surface area contributed by atoms with Gasteiger partial charge in [0.05, 0.1) is 6.61 Å². The molecule has 0 fully saturated rings. The first-order valence-corrected chi connectivity index (χ1v) is 6.96. The van der Waals surface area contributed by atoms with E-state index in [-0.39, 0.29) is 5.82 Å². The Morgan fingerprint density at radius 3 is 2.76 bits per heavy atom. The van der Waals surface area contributed by atoms with Crippen molar-refractivity contribution in [2.75, 3.05) is 25.6 Å². The molecule has 0 atom stereocenters. The van der Waals surface area contributed by atoms with Crippen LogP contribution in [0.5, 0.6) is 5.75 Å². The van der Waals surface area contributed by atoms with E-state index in [0.29, 0.717) is 24.8 Å². The van der Waals surface area contributed by atoms with Gasteiger partial charge in [-0.25, -0.2) is 4.39 Å². The van der Waals surface area contributed by atoms with Crippen molar-refractivity contribution in [1.29, 1.82) is 0 Å². The zero-order valence-electron chi connectivity index (χ0n) is 11.7. The molecule has 2 aromatic carbocycles. The molecule has 1 N–H and O–H groups in total. The third-order valence-corrected chi connectivity index (χ3v) is 3.03. The smallest absolute Gasteiger partial charge is 0.125 e. The van der Waals surface area contributed by atoms with Crippen LogP contribution in [-0.4, -0.2) is 20.3 Å². The lowest BCUT2D eigenvalue weighted by molar-refractivity contribution is 0.146. The SMILES string of the molecule is COCCOc1cccc(NCc2cc(F)cc(Cl)c2)c1. The highest BCUT2D eigenvalue weighted by molar-refractivity contribution is 6.30. The van der Waals surface area contributed by atoms with E-state index in [4.69, 9.17) is 21.1 Å². The highest BCUT2D eigenvalue weighted by Crippen LogP contribution is 2.19. The van der Waals surface area contributed by atoms with Crippen LogP contribution < -0.4 is 10.1 Å². The number of nitrogens with one attached hydrogen (secondary N) is 1. The topological polar surface area (TPSA) is 30.5 Å². The maximum Gasteiger partial charge on any atom is 0.125 e. The van der Waals surface area contributed by atoms with Crippen LogP contribution in [-0.2, 0) is 11.3 Å².